The van der Waals surface area contributed by atoms with Crippen LogP contribution in [0.5, 0.6) is 5.75 Å². The number of nitrogens with zero attached hydrogens (tertiary/aromatic N) is 3. The molecule has 0 N–H and O–H groups in total. The SMILES string of the molecule is COc1cccc([C@@]2(CC(=O)N(C)Cc3cc(-c4ccccc4)on3)CC(=O)N(C)C2=O)c1. The fourth-order valence-electron chi connectivity index (χ4n) is 4.12. The van der Waals surface area contributed by atoms with Crippen LogP contribution in [0, 0.1) is 0 Å². The van der Waals surface area contributed by atoms with Gasteiger partial charge in [-0.2, -0.15) is 0 Å². The van der Waals surface area contributed by atoms with Crippen molar-refractivity contribution in [1.82, 2.24) is 15.0 Å². The second-order valence-electron chi connectivity index (χ2n) is 8.22. The summed E-state index contributed by atoms with van der Waals surface area (Å²) in [7, 11) is 4.62. The van der Waals surface area contributed by atoms with Gasteiger partial charge in [-0.05, 0) is 17.7 Å². The topological polar surface area (TPSA) is 92.9 Å². The molecule has 1 aliphatic rings. The van der Waals surface area contributed by atoms with Crippen LogP contribution in [0.25, 0.3) is 11.3 Å². The molecule has 4 rings (SSSR count). The minimum atomic E-state index is -1.27. The summed E-state index contributed by atoms with van der Waals surface area (Å²) in [5, 5.41) is 4.07. The molecule has 3 amide bonds. The van der Waals surface area contributed by atoms with Crippen molar-refractivity contribution in [3.05, 3.63) is 71.9 Å². The molecule has 0 unspecified atom stereocenters. The summed E-state index contributed by atoms with van der Waals surface area (Å²) in [6.45, 7) is 0.210. The fourth-order valence-corrected chi connectivity index (χ4v) is 4.12. The molecule has 1 saturated heterocycles. The van der Waals surface area contributed by atoms with Gasteiger partial charge in [-0.25, -0.2) is 0 Å². The summed E-state index contributed by atoms with van der Waals surface area (Å²) in [5.41, 5.74) is 0.788. The van der Waals surface area contributed by atoms with Crippen LogP contribution in [0.15, 0.2) is 65.2 Å². The summed E-state index contributed by atoms with van der Waals surface area (Å²) in [5.74, 6) is 0.173. The molecule has 8 nitrogen and oxygen atoms in total. The number of aromatic nitrogens is 1. The van der Waals surface area contributed by atoms with E-state index in [4.69, 9.17) is 9.26 Å². The number of rotatable bonds is 7. The van der Waals surface area contributed by atoms with Crippen molar-refractivity contribution < 1.29 is 23.6 Å². The lowest BCUT2D eigenvalue weighted by molar-refractivity contribution is -0.141. The molecule has 0 spiro atoms. The molecule has 3 aromatic rings. The molecule has 2 heterocycles. The van der Waals surface area contributed by atoms with E-state index in [0.717, 1.165) is 10.5 Å². The van der Waals surface area contributed by atoms with Crippen LogP contribution in [0.2, 0.25) is 0 Å². The van der Waals surface area contributed by atoms with Gasteiger partial charge in [0.1, 0.15) is 11.4 Å². The molecule has 0 aliphatic carbocycles. The van der Waals surface area contributed by atoms with Gasteiger partial charge in [0, 0.05) is 38.6 Å². The second-order valence-corrected chi connectivity index (χ2v) is 8.22. The first-order valence-electron chi connectivity index (χ1n) is 10.5. The molecule has 8 heteroatoms. The number of carbonyl (C=O) groups is 3. The molecule has 0 bridgehead atoms. The molecule has 0 radical (unpaired) electrons. The summed E-state index contributed by atoms with van der Waals surface area (Å²) in [6, 6.07) is 18.3. The molecule has 1 aromatic heterocycles. The number of hydrogen-bond acceptors (Lipinski definition) is 6. The third-order valence-corrected chi connectivity index (χ3v) is 6.06. The maximum Gasteiger partial charge on any atom is 0.240 e. The fraction of sp³-hybridized carbons (Fsp3) is 0.280. The van der Waals surface area contributed by atoms with Crippen LogP contribution in [-0.4, -0.2) is 53.9 Å². The number of benzene rings is 2. The number of methoxy groups -OCH3 is 1. The van der Waals surface area contributed by atoms with E-state index in [0.29, 0.717) is 22.8 Å². The molecule has 1 fully saturated rings. The third kappa shape index (κ3) is 4.24. The molecule has 170 valence electrons. The molecule has 2 aromatic carbocycles. The van der Waals surface area contributed by atoms with Crippen molar-refractivity contribution in [3.8, 4) is 17.1 Å². The number of carbonyl (C=O) groups excluding carboxylic acids is 3. The Bertz CT molecular complexity index is 1190. The van der Waals surface area contributed by atoms with Crippen molar-refractivity contribution in [3.63, 3.8) is 0 Å². The van der Waals surface area contributed by atoms with Gasteiger partial charge in [0.15, 0.2) is 5.76 Å². The third-order valence-electron chi connectivity index (χ3n) is 6.06. The van der Waals surface area contributed by atoms with E-state index in [1.807, 2.05) is 30.3 Å². The van der Waals surface area contributed by atoms with Crippen LogP contribution in [0.3, 0.4) is 0 Å². The first-order valence-corrected chi connectivity index (χ1v) is 10.5. The van der Waals surface area contributed by atoms with Crippen molar-refractivity contribution in [2.45, 2.75) is 24.8 Å². The zero-order valence-corrected chi connectivity index (χ0v) is 18.8. The average Bonchev–Trinajstić information content (AvgIpc) is 3.39. The predicted molar refractivity (Wildman–Crippen MR) is 120 cm³/mol. The highest BCUT2D eigenvalue weighted by molar-refractivity contribution is 6.10. The molecule has 1 atom stereocenters. The van der Waals surface area contributed by atoms with Gasteiger partial charge in [0.25, 0.3) is 0 Å². The van der Waals surface area contributed by atoms with Gasteiger partial charge in [0.2, 0.25) is 17.7 Å². The van der Waals surface area contributed by atoms with E-state index < -0.39 is 11.3 Å². The smallest absolute Gasteiger partial charge is 0.240 e. The lowest BCUT2D eigenvalue weighted by Gasteiger charge is -2.28. The summed E-state index contributed by atoms with van der Waals surface area (Å²) < 4.78 is 10.7. The molecule has 1 aliphatic heterocycles. The lowest BCUT2D eigenvalue weighted by atomic mass is 9.75. The van der Waals surface area contributed by atoms with Crippen LogP contribution in [0.4, 0.5) is 0 Å². The average molecular weight is 447 g/mol. The number of likely N-dealkylation sites (N-methyl/N-ethyl adjacent to an activating group) is 1. The van der Waals surface area contributed by atoms with Crippen LogP contribution >= 0.6 is 0 Å². The van der Waals surface area contributed by atoms with Gasteiger partial charge in [-0.15, -0.1) is 0 Å². The Morgan fingerprint density at radius 3 is 2.58 bits per heavy atom. The van der Waals surface area contributed by atoms with Crippen molar-refractivity contribution in [2.75, 3.05) is 21.2 Å². The van der Waals surface area contributed by atoms with E-state index in [1.54, 1.807) is 37.4 Å². The van der Waals surface area contributed by atoms with Crippen molar-refractivity contribution in [1.29, 1.82) is 0 Å². The number of hydrogen-bond donors (Lipinski definition) is 0. The first-order chi connectivity index (χ1) is 15.8. The minimum absolute atomic E-state index is 0.0722. The number of ether oxygens (including phenoxy) is 1. The van der Waals surface area contributed by atoms with E-state index in [9.17, 15) is 14.4 Å². The Labute approximate surface area is 191 Å². The van der Waals surface area contributed by atoms with Gasteiger partial charge in [-0.1, -0.05) is 47.6 Å². The molecular weight excluding hydrogens is 422 g/mol. The maximum absolute atomic E-state index is 13.2. The monoisotopic (exact) mass is 447 g/mol. The molecular formula is C25H25N3O5. The Balaban J connectivity index is 1.56. The summed E-state index contributed by atoms with van der Waals surface area (Å²) in [4.78, 5) is 41.4. The van der Waals surface area contributed by atoms with Crippen molar-refractivity contribution >= 4 is 17.7 Å². The highest BCUT2D eigenvalue weighted by Crippen LogP contribution is 2.40. The number of likely N-dealkylation sites (tertiary alicyclic amines) is 1. The van der Waals surface area contributed by atoms with Gasteiger partial charge < -0.3 is 14.2 Å². The number of amides is 3. The highest BCUT2D eigenvalue weighted by Gasteiger charge is 2.53. The van der Waals surface area contributed by atoms with E-state index in [-0.39, 0.29) is 31.2 Å². The Morgan fingerprint density at radius 2 is 1.91 bits per heavy atom. The second kappa shape index (κ2) is 8.90. The first kappa shape index (κ1) is 22.3. The standard InChI is InChI=1S/C25H25N3O5/c1-27(16-19-13-21(33-26-19)17-8-5-4-6-9-17)22(29)14-25(15-23(30)28(2)24(25)31)18-10-7-11-20(12-18)32-3/h4-13H,14-16H2,1-3H3/t25-/m1/s1. The largest absolute Gasteiger partial charge is 0.497 e. The number of imide groups is 1. The quantitative estimate of drug-likeness (QED) is 0.517. The zero-order chi connectivity index (χ0) is 23.6. The van der Waals surface area contributed by atoms with Gasteiger partial charge in [-0.3, -0.25) is 19.3 Å². The highest BCUT2D eigenvalue weighted by atomic mass is 16.5. The maximum atomic E-state index is 13.2. The summed E-state index contributed by atoms with van der Waals surface area (Å²) >= 11 is 0. The minimum Gasteiger partial charge on any atom is -0.497 e. The van der Waals surface area contributed by atoms with Crippen LogP contribution in [0.1, 0.15) is 24.1 Å². The predicted octanol–water partition coefficient (Wildman–Crippen LogP) is 3.03. The molecule has 33 heavy (non-hydrogen) atoms. The summed E-state index contributed by atoms with van der Waals surface area (Å²) in [6.07, 6.45) is -0.216. The Morgan fingerprint density at radius 1 is 1.15 bits per heavy atom. The van der Waals surface area contributed by atoms with E-state index in [2.05, 4.69) is 5.16 Å². The van der Waals surface area contributed by atoms with E-state index >= 15 is 0 Å². The Hall–Kier alpha value is -3.94. The van der Waals surface area contributed by atoms with Crippen molar-refractivity contribution in [2.24, 2.45) is 0 Å². The Kier molecular flexibility index (Phi) is 6.00. The zero-order valence-electron chi connectivity index (χ0n) is 18.8. The van der Waals surface area contributed by atoms with Gasteiger partial charge in [0.05, 0.1) is 19.1 Å². The van der Waals surface area contributed by atoms with Gasteiger partial charge >= 0.3 is 0 Å². The van der Waals surface area contributed by atoms with Crippen LogP contribution < -0.4 is 4.74 Å². The van der Waals surface area contributed by atoms with E-state index in [1.165, 1.54) is 19.1 Å². The lowest BCUT2D eigenvalue weighted by Crippen LogP contribution is -2.41. The normalized spacial score (nSPS) is 18.0. The molecule has 0 saturated carbocycles. The van der Waals surface area contributed by atoms with Crippen LogP contribution in [-0.2, 0) is 26.3 Å².